The molecule has 0 amide bonds. The second-order valence-electron chi connectivity index (χ2n) is 4.65. The zero-order chi connectivity index (χ0) is 14.5. The predicted molar refractivity (Wildman–Crippen MR) is 87.9 cm³/mol. The van der Waals surface area contributed by atoms with Crippen molar-refractivity contribution in [1.82, 2.24) is 9.97 Å². The number of hydrogen-bond donors (Lipinski definition) is 1. The maximum absolute atomic E-state index is 5.58. The predicted octanol–water partition coefficient (Wildman–Crippen LogP) is 4.05. The molecule has 0 radical (unpaired) electrons. The van der Waals surface area contributed by atoms with Crippen LogP contribution in [-0.2, 0) is 0 Å². The summed E-state index contributed by atoms with van der Waals surface area (Å²) in [6.07, 6.45) is 3.57. The molecule has 21 heavy (non-hydrogen) atoms. The monoisotopic (exact) mass is 273 g/mol. The van der Waals surface area contributed by atoms with Crippen LogP contribution in [0.4, 0.5) is 5.69 Å². The molecule has 0 atom stereocenters. The molecule has 2 aromatic carbocycles. The van der Waals surface area contributed by atoms with Crippen molar-refractivity contribution in [2.45, 2.75) is 0 Å². The molecule has 0 unspecified atom stereocenters. The molecule has 0 spiro atoms. The standard InChI is InChI=1S/C9H8N2.C9H7N/c10-8-4-3-7-2-1-5-11-9(7)6-8;1-2-6-9-8(4-1)5-3-7-10-9/h1-6H,10H2;1-7H. The van der Waals surface area contributed by atoms with Crippen molar-refractivity contribution in [2.75, 3.05) is 5.73 Å². The van der Waals surface area contributed by atoms with E-state index in [0.29, 0.717) is 0 Å². The van der Waals surface area contributed by atoms with Crippen LogP contribution in [-0.4, -0.2) is 9.97 Å². The molecular formula is C18H15N3. The Balaban J connectivity index is 0.000000126. The lowest BCUT2D eigenvalue weighted by Crippen LogP contribution is -1.84. The number of para-hydroxylation sites is 1. The molecule has 0 aliphatic heterocycles. The summed E-state index contributed by atoms with van der Waals surface area (Å²) in [4.78, 5) is 8.34. The van der Waals surface area contributed by atoms with Gasteiger partial charge in [0.2, 0.25) is 0 Å². The van der Waals surface area contributed by atoms with Gasteiger partial charge >= 0.3 is 0 Å². The van der Waals surface area contributed by atoms with Crippen LogP contribution in [0, 0.1) is 0 Å². The van der Waals surface area contributed by atoms with Gasteiger partial charge in [0.05, 0.1) is 11.0 Å². The molecule has 2 aromatic heterocycles. The Kier molecular flexibility index (Phi) is 3.74. The summed E-state index contributed by atoms with van der Waals surface area (Å²) >= 11 is 0. The first-order valence-electron chi connectivity index (χ1n) is 6.73. The first kappa shape index (κ1) is 13.1. The number of anilines is 1. The van der Waals surface area contributed by atoms with E-state index < -0.39 is 0 Å². The van der Waals surface area contributed by atoms with E-state index in [2.05, 4.69) is 22.1 Å². The second kappa shape index (κ2) is 6.01. The number of benzene rings is 2. The first-order valence-corrected chi connectivity index (χ1v) is 6.73. The van der Waals surface area contributed by atoms with E-state index >= 15 is 0 Å². The third-order valence-electron chi connectivity index (χ3n) is 3.14. The van der Waals surface area contributed by atoms with Gasteiger partial charge in [-0.1, -0.05) is 36.4 Å². The largest absolute Gasteiger partial charge is 0.399 e. The van der Waals surface area contributed by atoms with Crippen LogP contribution in [0.15, 0.2) is 79.1 Å². The number of aromatic nitrogens is 2. The molecule has 4 aromatic rings. The van der Waals surface area contributed by atoms with Crippen molar-refractivity contribution in [2.24, 2.45) is 0 Å². The fraction of sp³-hybridized carbons (Fsp3) is 0. The molecule has 0 saturated heterocycles. The molecule has 3 nitrogen and oxygen atoms in total. The van der Waals surface area contributed by atoms with Crippen molar-refractivity contribution in [3.63, 3.8) is 0 Å². The molecule has 2 N–H and O–H groups in total. The Bertz CT molecular complexity index is 806. The Hall–Kier alpha value is -2.94. The molecule has 3 heteroatoms. The molecule has 0 saturated carbocycles. The average Bonchev–Trinajstić information content (AvgIpc) is 2.55. The number of pyridine rings is 2. The summed E-state index contributed by atoms with van der Waals surface area (Å²) in [6.45, 7) is 0. The van der Waals surface area contributed by atoms with Crippen LogP contribution < -0.4 is 5.73 Å². The fourth-order valence-corrected chi connectivity index (χ4v) is 2.10. The summed E-state index contributed by atoms with van der Waals surface area (Å²) < 4.78 is 0. The number of nitrogen functional groups attached to an aromatic ring is 1. The highest BCUT2D eigenvalue weighted by atomic mass is 14.7. The van der Waals surface area contributed by atoms with Crippen molar-refractivity contribution in [3.05, 3.63) is 79.1 Å². The lowest BCUT2D eigenvalue weighted by atomic mass is 10.2. The van der Waals surface area contributed by atoms with Gasteiger partial charge in [0, 0.05) is 28.9 Å². The van der Waals surface area contributed by atoms with Crippen LogP contribution in [0.5, 0.6) is 0 Å². The lowest BCUT2D eigenvalue weighted by molar-refractivity contribution is 1.41. The Labute approximate surface area is 123 Å². The van der Waals surface area contributed by atoms with Crippen LogP contribution >= 0.6 is 0 Å². The molecule has 0 bridgehead atoms. The zero-order valence-corrected chi connectivity index (χ0v) is 11.5. The van der Waals surface area contributed by atoms with Crippen molar-refractivity contribution in [3.8, 4) is 0 Å². The minimum absolute atomic E-state index is 0.760. The minimum atomic E-state index is 0.760. The smallest absolute Gasteiger partial charge is 0.0722 e. The van der Waals surface area contributed by atoms with E-state index in [0.717, 1.165) is 22.1 Å². The van der Waals surface area contributed by atoms with Gasteiger partial charge in [-0.05, 0) is 30.3 Å². The third-order valence-corrected chi connectivity index (χ3v) is 3.14. The third kappa shape index (κ3) is 3.15. The maximum atomic E-state index is 5.58. The number of nitrogens with zero attached hydrogens (tertiary/aromatic N) is 2. The van der Waals surface area contributed by atoms with Gasteiger partial charge in [-0.25, -0.2) is 0 Å². The van der Waals surface area contributed by atoms with E-state index in [4.69, 9.17) is 5.73 Å². The number of rotatable bonds is 0. The fourth-order valence-electron chi connectivity index (χ4n) is 2.10. The number of hydrogen-bond acceptors (Lipinski definition) is 3. The van der Waals surface area contributed by atoms with E-state index in [9.17, 15) is 0 Å². The lowest BCUT2D eigenvalue weighted by Gasteiger charge is -1.95. The molecule has 0 fully saturated rings. The Morgan fingerprint density at radius 1 is 0.619 bits per heavy atom. The van der Waals surface area contributed by atoms with Crippen LogP contribution in [0.3, 0.4) is 0 Å². The van der Waals surface area contributed by atoms with E-state index in [1.165, 1.54) is 5.39 Å². The molecule has 2 heterocycles. The highest BCUT2D eigenvalue weighted by Gasteiger charge is 1.91. The molecule has 4 rings (SSSR count). The number of nitrogens with two attached hydrogens (primary N) is 1. The zero-order valence-electron chi connectivity index (χ0n) is 11.5. The van der Waals surface area contributed by atoms with Gasteiger partial charge in [0.15, 0.2) is 0 Å². The van der Waals surface area contributed by atoms with Gasteiger partial charge in [-0.2, -0.15) is 0 Å². The van der Waals surface area contributed by atoms with Gasteiger partial charge in [-0.15, -0.1) is 0 Å². The highest BCUT2D eigenvalue weighted by molar-refractivity contribution is 5.81. The first-order chi connectivity index (χ1) is 10.3. The Morgan fingerprint density at radius 2 is 1.24 bits per heavy atom. The molecule has 0 aliphatic rings. The molecule has 0 aliphatic carbocycles. The topological polar surface area (TPSA) is 51.8 Å². The summed E-state index contributed by atoms with van der Waals surface area (Å²) in [7, 11) is 0. The minimum Gasteiger partial charge on any atom is -0.399 e. The van der Waals surface area contributed by atoms with Gasteiger partial charge in [0.25, 0.3) is 0 Å². The second-order valence-corrected chi connectivity index (χ2v) is 4.65. The summed E-state index contributed by atoms with van der Waals surface area (Å²) in [5, 5.41) is 2.33. The average molecular weight is 273 g/mol. The van der Waals surface area contributed by atoms with Gasteiger partial charge in [-0.3, -0.25) is 9.97 Å². The van der Waals surface area contributed by atoms with Crippen LogP contribution in [0.2, 0.25) is 0 Å². The summed E-state index contributed by atoms with van der Waals surface area (Å²) in [5.41, 5.74) is 8.36. The SMILES string of the molecule is Nc1ccc2cccnc2c1.c1ccc2ncccc2c1. The normalized spacial score (nSPS) is 10.1. The van der Waals surface area contributed by atoms with Crippen molar-refractivity contribution >= 4 is 27.5 Å². The summed E-state index contributed by atoms with van der Waals surface area (Å²) in [6, 6.07) is 21.7. The van der Waals surface area contributed by atoms with Crippen LogP contribution in [0.25, 0.3) is 21.8 Å². The van der Waals surface area contributed by atoms with Gasteiger partial charge in [0.1, 0.15) is 0 Å². The van der Waals surface area contributed by atoms with E-state index in [1.807, 2.05) is 60.8 Å². The van der Waals surface area contributed by atoms with Crippen molar-refractivity contribution < 1.29 is 0 Å². The molecular weight excluding hydrogens is 258 g/mol. The van der Waals surface area contributed by atoms with Crippen LogP contribution in [0.1, 0.15) is 0 Å². The highest BCUT2D eigenvalue weighted by Crippen LogP contribution is 2.13. The quantitative estimate of drug-likeness (QED) is 0.492. The maximum Gasteiger partial charge on any atom is 0.0722 e. The Morgan fingerprint density at radius 3 is 2.00 bits per heavy atom. The van der Waals surface area contributed by atoms with Crippen molar-refractivity contribution in [1.29, 1.82) is 0 Å². The summed E-state index contributed by atoms with van der Waals surface area (Å²) in [5.74, 6) is 0. The van der Waals surface area contributed by atoms with Gasteiger partial charge < -0.3 is 5.73 Å². The molecule has 102 valence electrons. The number of fused-ring (bicyclic) bond motifs is 2. The van der Waals surface area contributed by atoms with E-state index in [-0.39, 0.29) is 0 Å². The van der Waals surface area contributed by atoms with E-state index in [1.54, 1.807) is 6.20 Å².